The first kappa shape index (κ1) is 15.6. The zero-order valence-electron chi connectivity index (χ0n) is 12.5. The van der Waals surface area contributed by atoms with Crippen LogP contribution in [0, 0.1) is 0 Å². The van der Waals surface area contributed by atoms with Crippen LogP contribution >= 0.6 is 11.6 Å². The first-order chi connectivity index (χ1) is 10.0. The first-order valence-corrected chi connectivity index (χ1v) is 7.27. The minimum atomic E-state index is 0.107. The predicted molar refractivity (Wildman–Crippen MR) is 83.0 cm³/mol. The maximum absolute atomic E-state index is 12.2. The van der Waals surface area contributed by atoms with Crippen molar-refractivity contribution in [1.29, 1.82) is 0 Å². The topological polar surface area (TPSA) is 44.1 Å². The summed E-state index contributed by atoms with van der Waals surface area (Å²) in [7, 11) is 3.43. The zero-order valence-corrected chi connectivity index (χ0v) is 13.3. The number of benzene rings is 1. The van der Waals surface area contributed by atoms with Gasteiger partial charge >= 0.3 is 0 Å². The van der Waals surface area contributed by atoms with E-state index < -0.39 is 0 Å². The van der Waals surface area contributed by atoms with E-state index in [-0.39, 0.29) is 5.78 Å². The fourth-order valence-electron chi connectivity index (χ4n) is 2.27. The van der Waals surface area contributed by atoms with Crippen molar-refractivity contribution in [3.05, 3.63) is 46.2 Å². The number of hydrogen-bond acceptors (Lipinski definition) is 3. The first-order valence-electron chi connectivity index (χ1n) is 6.90. The number of hydrogen-bond donors (Lipinski definition) is 0. The third-order valence-electron chi connectivity index (χ3n) is 3.40. The van der Waals surface area contributed by atoms with E-state index >= 15 is 0 Å². The van der Waals surface area contributed by atoms with Crippen LogP contribution in [0.1, 0.15) is 23.9 Å². The van der Waals surface area contributed by atoms with Gasteiger partial charge in [0, 0.05) is 13.5 Å². The Morgan fingerprint density at radius 2 is 2.14 bits per heavy atom. The highest BCUT2D eigenvalue weighted by Gasteiger charge is 2.16. The monoisotopic (exact) mass is 306 g/mol. The second-order valence-electron chi connectivity index (χ2n) is 4.93. The third kappa shape index (κ3) is 3.64. The van der Waals surface area contributed by atoms with E-state index in [2.05, 4.69) is 5.10 Å². The Balaban J connectivity index is 2.10. The third-order valence-corrected chi connectivity index (χ3v) is 3.84. The molecule has 0 bridgehead atoms. The number of carbonyl (C=O) groups is 1. The van der Waals surface area contributed by atoms with Gasteiger partial charge in [-0.2, -0.15) is 5.10 Å². The van der Waals surface area contributed by atoms with Crippen LogP contribution in [0.2, 0.25) is 5.02 Å². The number of rotatable bonds is 6. The van der Waals surface area contributed by atoms with Gasteiger partial charge in [-0.25, -0.2) is 0 Å². The van der Waals surface area contributed by atoms with Crippen LogP contribution in [0.4, 0.5) is 0 Å². The summed E-state index contributed by atoms with van der Waals surface area (Å²) in [6, 6.07) is 7.54. The van der Waals surface area contributed by atoms with Crippen molar-refractivity contribution in [2.45, 2.75) is 26.2 Å². The number of halogens is 1. The molecule has 4 nitrogen and oxygen atoms in total. The second kappa shape index (κ2) is 6.76. The Kier molecular flexibility index (Phi) is 5.02. The van der Waals surface area contributed by atoms with Crippen LogP contribution in [-0.4, -0.2) is 22.7 Å². The Morgan fingerprint density at radius 1 is 1.38 bits per heavy atom. The van der Waals surface area contributed by atoms with Crippen molar-refractivity contribution < 1.29 is 9.53 Å². The summed E-state index contributed by atoms with van der Waals surface area (Å²) in [4.78, 5) is 12.2. The van der Waals surface area contributed by atoms with Crippen molar-refractivity contribution >= 4 is 17.4 Å². The fourth-order valence-corrected chi connectivity index (χ4v) is 2.63. The van der Waals surface area contributed by atoms with Gasteiger partial charge in [-0.05, 0) is 24.1 Å². The summed E-state index contributed by atoms with van der Waals surface area (Å²) in [6.07, 6.45) is 1.41. The van der Waals surface area contributed by atoms with Gasteiger partial charge in [-0.3, -0.25) is 9.48 Å². The van der Waals surface area contributed by atoms with Gasteiger partial charge in [-0.15, -0.1) is 0 Å². The van der Waals surface area contributed by atoms with Crippen LogP contribution < -0.4 is 4.74 Å². The second-order valence-corrected chi connectivity index (χ2v) is 5.31. The van der Waals surface area contributed by atoms with Crippen molar-refractivity contribution in [3.63, 3.8) is 0 Å². The Hall–Kier alpha value is -1.81. The van der Waals surface area contributed by atoms with Gasteiger partial charge < -0.3 is 4.74 Å². The molecule has 0 saturated carbocycles. The number of aromatic nitrogens is 2. The summed E-state index contributed by atoms with van der Waals surface area (Å²) in [5, 5.41) is 4.94. The number of carbonyl (C=O) groups excluding carboxylic acids is 1. The van der Waals surface area contributed by atoms with E-state index in [1.165, 1.54) is 0 Å². The Morgan fingerprint density at radius 3 is 2.76 bits per heavy atom. The molecule has 0 aliphatic heterocycles. The SMILES string of the molecule is CCc1nn(C)c(CC(=O)Cc2cccc(OC)c2)c1Cl. The lowest BCUT2D eigenvalue weighted by Gasteiger charge is -2.05. The van der Waals surface area contributed by atoms with Crippen LogP contribution in [0.15, 0.2) is 24.3 Å². The molecule has 0 atom stereocenters. The maximum Gasteiger partial charge on any atom is 0.143 e. The van der Waals surface area contributed by atoms with Crippen molar-refractivity contribution in [2.75, 3.05) is 7.11 Å². The standard InChI is InChI=1S/C16H19ClN2O2/c1-4-14-16(17)15(19(2)18-14)10-12(20)8-11-6-5-7-13(9-11)21-3/h5-7,9H,4,8,10H2,1-3H3. The number of Topliss-reactive ketones (excluding diaryl/α,β-unsaturated/α-hetero) is 1. The molecule has 21 heavy (non-hydrogen) atoms. The van der Waals surface area contributed by atoms with E-state index in [4.69, 9.17) is 16.3 Å². The molecular formula is C16H19ClN2O2. The highest BCUT2D eigenvalue weighted by molar-refractivity contribution is 6.32. The quantitative estimate of drug-likeness (QED) is 0.824. The average molecular weight is 307 g/mol. The molecule has 0 unspecified atom stereocenters. The summed E-state index contributed by atoms with van der Waals surface area (Å²) < 4.78 is 6.86. The van der Waals surface area contributed by atoms with Gasteiger partial charge in [0.2, 0.25) is 0 Å². The van der Waals surface area contributed by atoms with Crippen molar-refractivity contribution in [3.8, 4) is 5.75 Å². The minimum Gasteiger partial charge on any atom is -0.497 e. The summed E-state index contributed by atoms with van der Waals surface area (Å²) in [6.45, 7) is 2.00. The van der Waals surface area contributed by atoms with E-state index in [0.717, 1.165) is 29.1 Å². The largest absolute Gasteiger partial charge is 0.497 e. The lowest BCUT2D eigenvalue weighted by molar-refractivity contribution is -0.117. The van der Waals surface area contributed by atoms with Gasteiger partial charge in [0.05, 0.1) is 29.9 Å². The molecule has 1 aromatic carbocycles. The lowest BCUT2D eigenvalue weighted by Crippen LogP contribution is -2.10. The molecule has 0 aliphatic carbocycles. The number of ketones is 1. The number of ether oxygens (including phenoxy) is 1. The molecule has 0 amide bonds. The molecule has 0 radical (unpaired) electrons. The number of aryl methyl sites for hydroxylation is 2. The lowest BCUT2D eigenvalue weighted by atomic mass is 10.1. The molecule has 0 spiro atoms. The molecule has 2 aromatic rings. The molecule has 1 heterocycles. The molecule has 0 fully saturated rings. The van der Waals surface area contributed by atoms with Crippen LogP contribution in [0.5, 0.6) is 5.75 Å². The normalized spacial score (nSPS) is 10.7. The van der Waals surface area contributed by atoms with Gasteiger partial charge in [0.15, 0.2) is 0 Å². The van der Waals surface area contributed by atoms with Gasteiger partial charge in [0.1, 0.15) is 11.5 Å². The molecule has 1 aromatic heterocycles. The molecule has 112 valence electrons. The highest BCUT2D eigenvalue weighted by atomic mass is 35.5. The maximum atomic E-state index is 12.2. The van der Waals surface area contributed by atoms with Crippen LogP contribution in [0.3, 0.4) is 0 Å². The Bertz CT molecular complexity index is 650. The van der Waals surface area contributed by atoms with E-state index in [1.54, 1.807) is 11.8 Å². The van der Waals surface area contributed by atoms with Crippen LogP contribution in [-0.2, 0) is 31.1 Å². The van der Waals surface area contributed by atoms with Crippen molar-refractivity contribution in [2.24, 2.45) is 7.05 Å². The van der Waals surface area contributed by atoms with Gasteiger partial charge in [-0.1, -0.05) is 30.7 Å². The summed E-state index contributed by atoms with van der Waals surface area (Å²) in [5.74, 6) is 0.864. The molecule has 0 aliphatic rings. The number of methoxy groups -OCH3 is 1. The smallest absolute Gasteiger partial charge is 0.143 e. The summed E-state index contributed by atoms with van der Waals surface area (Å²) >= 11 is 6.27. The fraction of sp³-hybridized carbons (Fsp3) is 0.375. The molecule has 5 heteroatoms. The minimum absolute atomic E-state index is 0.107. The molecule has 0 saturated heterocycles. The molecule has 0 N–H and O–H groups in total. The summed E-state index contributed by atoms with van der Waals surface area (Å²) in [5.41, 5.74) is 2.55. The molecular weight excluding hydrogens is 288 g/mol. The number of nitrogens with zero attached hydrogens (tertiary/aromatic N) is 2. The van der Waals surface area contributed by atoms with Crippen molar-refractivity contribution in [1.82, 2.24) is 9.78 Å². The highest BCUT2D eigenvalue weighted by Crippen LogP contribution is 2.22. The Labute approximate surface area is 129 Å². The zero-order chi connectivity index (χ0) is 15.4. The van der Waals surface area contributed by atoms with E-state index in [1.807, 2.05) is 38.2 Å². The van der Waals surface area contributed by atoms with E-state index in [0.29, 0.717) is 17.9 Å². The average Bonchev–Trinajstić information content (AvgIpc) is 2.74. The predicted octanol–water partition coefficient (Wildman–Crippen LogP) is 3.00. The molecule has 2 rings (SSSR count). The van der Waals surface area contributed by atoms with E-state index in [9.17, 15) is 4.79 Å². The van der Waals surface area contributed by atoms with Crippen LogP contribution in [0.25, 0.3) is 0 Å². The van der Waals surface area contributed by atoms with Gasteiger partial charge in [0.25, 0.3) is 0 Å².